The van der Waals surface area contributed by atoms with Crippen molar-refractivity contribution in [2.75, 3.05) is 42.6 Å². The number of anilines is 2. The van der Waals surface area contributed by atoms with E-state index in [2.05, 4.69) is 31.9 Å². The molecule has 1 amide bonds. The highest BCUT2D eigenvalue weighted by molar-refractivity contribution is 9.10. The summed E-state index contributed by atoms with van der Waals surface area (Å²) in [6.07, 6.45) is 0.985. The van der Waals surface area contributed by atoms with Crippen LogP contribution in [-0.2, 0) is 22.4 Å². The maximum absolute atomic E-state index is 12.9. The number of aromatic nitrogens is 1. The highest BCUT2D eigenvalue weighted by Gasteiger charge is 2.28. The predicted molar refractivity (Wildman–Crippen MR) is 104 cm³/mol. The Bertz CT molecular complexity index is 886. The molecule has 0 bridgehead atoms. The number of hydrogen-bond acceptors (Lipinski definition) is 6. The zero-order valence-electron chi connectivity index (χ0n) is 14.1. The molecule has 6 nitrogen and oxygen atoms in total. The van der Waals surface area contributed by atoms with Crippen LogP contribution >= 0.6 is 27.3 Å². The Balaban J connectivity index is 1.54. The van der Waals surface area contributed by atoms with Crippen molar-refractivity contribution >= 4 is 44.0 Å². The van der Waals surface area contributed by atoms with Gasteiger partial charge in [0.15, 0.2) is 5.13 Å². The first-order valence-electron chi connectivity index (χ1n) is 8.47. The molecular weight excluding hydrogens is 416 g/mol. The Morgan fingerprint density at radius 2 is 2.15 bits per heavy atom. The molecule has 1 saturated heterocycles. The van der Waals surface area contributed by atoms with E-state index in [1.807, 2.05) is 18.2 Å². The lowest BCUT2D eigenvalue weighted by Crippen LogP contribution is -2.36. The zero-order valence-corrected chi connectivity index (χ0v) is 16.5. The number of carbonyl (C=O) groups is 1. The van der Waals surface area contributed by atoms with Crippen LogP contribution in [0.2, 0.25) is 0 Å². The Hall–Kier alpha value is -1.95. The minimum absolute atomic E-state index is 0.0165. The molecule has 4 rings (SSSR count). The summed E-state index contributed by atoms with van der Waals surface area (Å²) in [5.41, 5.74) is 2.69. The van der Waals surface area contributed by atoms with Gasteiger partial charge in [-0.05, 0) is 24.1 Å². The van der Waals surface area contributed by atoms with E-state index < -0.39 is 0 Å². The lowest BCUT2D eigenvalue weighted by Gasteiger charge is -2.26. The monoisotopic (exact) mass is 432 g/mol. The van der Waals surface area contributed by atoms with Gasteiger partial charge in [-0.1, -0.05) is 33.3 Å². The Morgan fingerprint density at radius 3 is 2.92 bits per heavy atom. The van der Waals surface area contributed by atoms with Crippen molar-refractivity contribution in [2.24, 2.45) is 0 Å². The number of carbonyl (C=O) groups excluding carboxylic acids is 1. The number of nitrogens with zero attached hydrogens (tertiary/aromatic N) is 4. The summed E-state index contributed by atoms with van der Waals surface area (Å²) < 4.78 is 6.40. The third-order valence-electron chi connectivity index (χ3n) is 4.66. The maximum Gasteiger partial charge on any atom is 0.233 e. The van der Waals surface area contributed by atoms with E-state index in [1.54, 1.807) is 4.90 Å². The van der Waals surface area contributed by atoms with Gasteiger partial charge < -0.3 is 14.5 Å². The molecule has 134 valence electrons. The number of halogens is 1. The number of fused-ring (bicyclic) bond motifs is 1. The fraction of sp³-hybridized carbons (Fsp3) is 0.389. The fourth-order valence-electron chi connectivity index (χ4n) is 3.33. The molecule has 0 atom stereocenters. The molecule has 1 aromatic heterocycles. The van der Waals surface area contributed by atoms with Crippen LogP contribution in [0.15, 0.2) is 22.7 Å². The van der Waals surface area contributed by atoms with E-state index in [-0.39, 0.29) is 12.3 Å². The maximum atomic E-state index is 12.9. The van der Waals surface area contributed by atoms with Gasteiger partial charge in [-0.15, -0.1) is 0 Å². The van der Waals surface area contributed by atoms with Crippen molar-refractivity contribution in [3.63, 3.8) is 0 Å². The Kier molecular flexibility index (Phi) is 4.94. The van der Waals surface area contributed by atoms with Crippen molar-refractivity contribution in [3.8, 4) is 6.07 Å². The SMILES string of the molecule is N#Cc1sc(N2CCOCC2)nc1CC(=O)N1CCc2c(Br)cccc21. The molecule has 1 aromatic carbocycles. The third-order valence-corrected chi connectivity index (χ3v) is 6.47. The van der Waals surface area contributed by atoms with Gasteiger partial charge in [0.1, 0.15) is 10.9 Å². The molecule has 2 aromatic rings. The van der Waals surface area contributed by atoms with Gasteiger partial charge in [-0.3, -0.25) is 4.79 Å². The number of ether oxygens (including phenoxy) is 1. The van der Waals surface area contributed by atoms with Gasteiger partial charge in [-0.25, -0.2) is 4.98 Å². The minimum atomic E-state index is -0.0165. The van der Waals surface area contributed by atoms with Crippen LogP contribution in [0.3, 0.4) is 0 Å². The first-order chi connectivity index (χ1) is 12.7. The number of hydrogen-bond donors (Lipinski definition) is 0. The molecule has 0 N–H and O–H groups in total. The molecule has 8 heteroatoms. The average Bonchev–Trinajstić information content (AvgIpc) is 3.27. The van der Waals surface area contributed by atoms with Gasteiger partial charge in [0, 0.05) is 29.8 Å². The number of rotatable bonds is 3. The van der Waals surface area contributed by atoms with E-state index in [0.717, 1.165) is 40.4 Å². The molecule has 0 spiro atoms. The summed E-state index contributed by atoms with van der Waals surface area (Å²) >= 11 is 4.91. The number of amides is 1. The second-order valence-electron chi connectivity index (χ2n) is 6.19. The van der Waals surface area contributed by atoms with Crippen LogP contribution in [0.4, 0.5) is 10.8 Å². The summed E-state index contributed by atoms with van der Waals surface area (Å²) in [5.74, 6) is -0.0165. The second-order valence-corrected chi connectivity index (χ2v) is 8.03. The highest BCUT2D eigenvalue weighted by Crippen LogP contribution is 2.34. The summed E-state index contributed by atoms with van der Waals surface area (Å²) in [6, 6.07) is 8.10. The van der Waals surface area contributed by atoms with Crippen molar-refractivity contribution in [1.29, 1.82) is 5.26 Å². The standard InChI is InChI=1S/C18H17BrN4O2S/c19-13-2-1-3-15-12(13)4-5-23(15)17(24)10-14-16(11-20)26-18(21-14)22-6-8-25-9-7-22/h1-3H,4-10H2. The topological polar surface area (TPSA) is 69.5 Å². The largest absolute Gasteiger partial charge is 0.378 e. The van der Waals surface area contributed by atoms with Crippen LogP contribution in [0, 0.1) is 11.3 Å². The van der Waals surface area contributed by atoms with E-state index in [1.165, 1.54) is 11.3 Å². The first kappa shape index (κ1) is 17.5. The van der Waals surface area contributed by atoms with Crippen molar-refractivity contribution < 1.29 is 9.53 Å². The Morgan fingerprint density at radius 1 is 1.35 bits per heavy atom. The van der Waals surface area contributed by atoms with E-state index in [0.29, 0.717) is 30.3 Å². The molecule has 0 saturated carbocycles. The van der Waals surface area contributed by atoms with Gasteiger partial charge in [0.05, 0.1) is 25.3 Å². The molecule has 26 heavy (non-hydrogen) atoms. The number of thiazole rings is 1. The average molecular weight is 433 g/mol. The van der Waals surface area contributed by atoms with Crippen LogP contribution < -0.4 is 9.80 Å². The van der Waals surface area contributed by atoms with Gasteiger partial charge in [0.2, 0.25) is 5.91 Å². The summed E-state index contributed by atoms with van der Waals surface area (Å²) in [7, 11) is 0. The van der Waals surface area contributed by atoms with Crippen LogP contribution in [0.25, 0.3) is 0 Å². The van der Waals surface area contributed by atoms with E-state index in [9.17, 15) is 10.1 Å². The number of benzene rings is 1. The summed E-state index contributed by atoms with van der Waals surface area (Å²) in [4.78, 5) is 21.9. The predicted octanol–water partition coefficient (Wildman–Crippen LogP) is 2.75. The summed E-state index contributed by atoms with van der Waals surface area (Å²) in [6.45, 7) is 3.52. The lowest BCUT2D eigenvalue weighted by atomic mass is 10.2. The molecule has 2 aliphatic heterocycles. The molecule has 0 unspecified atom stereocenters. The van der Waals surface area contributed by atoms with Crippen LogP contribution in [0.5, 0.6) is 0 Å². The van der Waals surface area contributed by atoms with Gasteiger partial charge >= 0.3 is 0 Å². The lowest BCUT2D eigenvalue weighted by molar-refractivity contribution is -0.117. The number of nitriles is 1. The molecular formula is C18H17BrN4O2S. The highest BCUT2D eigenvalue weighted by atomic mass is 79.9. The van der Waals surface area contributed by atoms with Gasteiger partial charge in [-0.2, -0.15) is 5.26 Å². The fourth-order valence-corrected chi connectivity index (χ4v) is 4.81. The van der Waals surface area contributed by atoms with Crippen molar-refractivity contribution in [2.45, 2.75) is 12.8 Å². The first-order valence-corrected chi connectivity index (χ1v) is 10.1. The molecule has 0 radical (unpaired) electrons. The molecule has 1 fully saturated rings. The second kappa shape index (κ2) is 7.35. The minimum Gasteiger partial charge on any atom is -0.378 e. The van der Waals surface area contributed by atoms with Crippen LogP contribution in [-0.4, -0.2) is 43.7 Å². The zero-order chi connectivity index (χ0) is 18.1. The van der Waals surface area contributed by atoms with E-state index in [4.69, 9.17) is 4.74 Å². The normalized spacial score (nSPS) is 16.5. The summed E-state index contributed by atoms with van der Waals surface area (Å²) in [5, 5.41) is 10.3. The Labute approximate surface area is 164 Å². The van der Waals surface area contributed by atoms with Crippen LogP contribution in [0.1, 0.15) is 16.1 Å². The number of morpholine rings is 1. The van der Waals surface area contributed by atoms with Crippen molar-refractivity contribution in [1.82, 2.24) is 4.98 Å². The molecule has 0 aliphatic carbocycles. The quantitative estimate of drug-likeness (QED) is 0.745. The van der Waals surface area contributed by atoms with Gasteiger partial charge in [0.25, 0.3) is 0 Å². The van der Waals surface area contributed by atoms with Crippen molar-refractivity contribution in [3.05, 3.63) is 38.8 Å². The molecule has 2 aliphatic rings. The molecule has 3 heterocycles. The van der Waals surface area contributed by atoms with E-state index >= 15 is 0 Å². The smallest absolute Gasteiger partial charge is 0.233 e. The third kappa shape index (κ3) is 3.22.